The molecule has 0 saturated carbocycles. The molecule has 0 aromatic carbocycles. The average Bonchev–Trinajstić information content (AvgIpc) is 2.70. The highest BCUT2D eigenvalue weighted by molar-refractivity contribution is 5.80. The second kappa shape index (κ2) is 6.17. The van der Waals surface area contributed by atoms with Crippen molar-refractivity contribution in [3.05, 3.63) is 11.6 Å². The van der Waals surface area contributed by atoms with Crippen LogP contribution in [-0.2, 0) is 11.3 Å². The van der Waals surface area contributed by atoms with Crippen LogP contribution in [0, 0.1) is 6.92 Å². The van der Waals surface area contributed by atoms with E-state index in [4.69, 9.17) is 5.11 Å². The molecular formula is C11H19N5O3. The van der Waals surface area contributed by atoms with E-state index in [1.54, 1.807) is 27.8 Å². The number of hydrogen-bond donors (Lipinski definition) is 2. The Labute approximate surface area is 111 Å². The molecule has 0 bridgehead atoms. The summed E-state index contributed by atoms with van der Waals surface area (Å²) >= 11 is 0. The summed E-state index contributed by atoms with van der Waals surface area (Å²) in [6.07, 6.45) is 0. The molecule has 19 heavy (non-hydrogen) atoms. The Morgan fingerprint density at radius 1 is 1.42 bits per heavy atom. The number of hydrogen-bond acceptors (Lipinski definition) is 4. The third-order valence-electron chi connectivity index (χ3n) is 2.52. The number of carboxylic acid groups (broad SMARTS) is 1. The fourth-order valence-corrected chi connectivity index (χ4v) is 1.58. The molecule has 0 unspecified atom stereocenters. The fourth-order valence-electron chi connectivity index (χ4n) is 1.58. The zero-order chi connectivity index (χ0) is 14.6. The lowest BCUT2D eigenvalue weighted by atomic mass is 10.3. The van der Waals surface area contributed by atoms with Gasteiger partial charge >= 0.3 is 12.0 Å². The maximum Gasteiger partial charge on any atom is 0.323 e. The monoisotopic (exact) mass is 269 g/mol. The Balaban J connectivity index is 2.70. The molecule has 0 radical (unpaired) electrons. The van der Waals surface area contributed by atoms with Gasteiger partial charge in [0.15, 0.2) is 5.82 Å². The van der Waals surface area contributed by atoms with Gasteiger partial charge in [0.1, 0.15) is 12.4 Å². The first-order chi connectivity index (χ1) is 8.81. The SMILES string of the molecule is Cc1nc(CN(C)C(=O)N(CC(=O)O)C(C)C)n[nH]1. The lowest BCUT2D eigenvalue weighted by molar-refractivity contribution is -0.138. The molecule has 2 N–H and O–H groups in total. The lowest BCUT2D eigenvalue weighted by Gasteiger charge is -2.29. The average molecular weight is 269 g/mol. The van der Waals surface area contributed by atoms with Crippen LogP contribution in [0.3, 0.4) is 0 Å². The summed E-state index contributed by atoms with van der Waals surface area (Å²) in [5.41, 5.74) is 0. The van der Waals surface area contributed by atoms with Gasteiger partial charge < -0.3 is 14.9 Å². The maximum absolute atomic E-state index is 12.2. The van der Waals surface area contributed by atoms with Gasteiger partial charge in [-0.15, -0.1) is 0 Å². The summed E-state index contributed by atoms with van der Waals surface area (Å²) in [7, 11) is 1.59. The Hall–Kier alpha value is -2.12. The minimum absolute atomic E-state index is 0.195. The van der Waals surface area contributed by atoms with Gasteiger partial charge in [0, 0.05) is 13.1 Å². The number of carbonyl (C=O) groups is 2. The summed E-state index contributed by atoms with van der Waals surface area (Å²) in [6.45, 7) is 5.21. The van der Waals surface area contributed by atoms with Crippen LogP contribution in [-0.4, -0.2) is 61.7 Å². The van der Waals surface area contributed by atoms with E-state index in [9.17, 15) is 9.59 Å². The van der Waals surface area contributed by atoms with Gasteiger partial charge in [-0.1, -0.05) is 0 Å². The molecular weight excluding hydrogens is 250 g/mol. The number of aromatic nitrogens is 3. The molecule has 0 aliphatic heterocycles. The van der Waals surface area contributed by atoms with Gasteiger partial charge in [0.05, 0.1) is 6.54 Å². The van der Waals surface area contributed by atoms with Crippen molar-refractivity contribution in [2.45, 2.75) is 33.4 Å². The van der Waals surface area contributed by atoms with Crippen molar-refractivity contribution in [2.75, 3.05) is 13.6 Å². The molecule has 0 saturated heterocycles. The van der Waals surface area contributed by atoms with Gasteiger partial charge in [-0.2, -0.15) is 5.10 Å². The molecule has 1 aromatic heterocycles. The van der Waals surface area contributed by atoms with Gasteiger partial charge in [-0.25, -0.2) is 9.78 Å². The lowest BCUT2D eigenvalue weighted by Crippen LogP contribution is -2.47. The number of nitrogens with zero attached hydrogens (tertiary/aromatic N) is 4. The Kier molecular flexibility index (Phi) is 4.85. The van der Waals surface area contributed by atoms with E-state index < -0.39 is 5.97 Å². The summed E-state index contributed by atoms with van der Waals surface area (Å²) in [4.78, 5) is 29.7. The second-order valence-electron chi connectivity index (χ2n) is 4.59. The van der Waals surface area contributed by atoms with Crippen LogP contribution in [0.5, 0.6) is 0 Å². The number of aliphatic carboxylic acids is 1. The molecule has 8 nitrogen and oxygen atoms in total. The highest BCUT2D eigenvalue weighted by Gasteiger charge is 2.23. The van der Waals surface area contributed by atoms with E-state index in [1.165, 1.54) is 9.80 Å². The fraction of sp³-hybridized carbons (Fsp3) is 0.636. The van der Waals surface area contributed by atoms with Gasteiger partial charge in [0.2, 0.25) is 0 Å². The molecule has 0 atom stereocenters. The smallest absolute Gasteiger partial charge is 0.323 e. The first-order valence-electron chi connectivity index (χ1n) is 5.92. The predicted octanol–water partition coefficient (Wildman–Crippen LogP) is 0.460. The van der Waals surface area contributed by atoms with Crippen molar-refractivity contribution >= 4 is 12.0 Å². The van der Waals surface area contributed by atoms with E-state index >= 15 is 0 Å². The Morgan fingerprint density at radius 3 is 2.47 bits per heavy atom. The number of amides is 2. The van der Waals surface area contributed by atoms with E-state index in [1.807, 2.05) is 0 Å². The molecule has 8 heteroatoms. The first kappa shape index (κ1) is 14.9. The van der Waals surface area contributed by atoms with Crippen molar-refractivity contribution in [3.8, 4) is 0 Å². The molecule has 1 aromatic rings. The number of aryl methyl sites for hydroxylation is 1. The van der Waals surface area contributed by atoms with Crippen LogP contribution in [0.4, 0.5) is 4.79 Å². The predicted molar refractivity (Wildman–Crippen MR) is 67.5 cm³/mol. The number of rotatable bonds is 5. The Morgan fingerprint density at radius 2 is 2.05 bits per heavy atom. The standard InChI is InChI=1S/C11H19N5O3/c1-7(2)16(6-10(17)18)11(19)15(4)5-9-12-8(3)13-14-9/h7H,5-6H2,1-4H3,(H,17,18)(H,12,13,14). The zero-order valence-corrected chi connectivity index (χ0v) is 11.5. The van der Waals surface area contributed by atoms with Crippen LogP contribution >= 0.6 is 0 Å². The molecule has 0 spiro atoms. The number of H-pyrrole nitrogens is 1. The highest BCUT2D eigenvalue weighted by atomic mass is 16.4. The van der Waals surface area contributed by atoms with E-state index in [2.05, 4.69) is 15.2 Å². The zero-order valence-electron chi connectivity index (χ0n) is 11.5. The summed E-state index contributed by atoms with van der Waals surface area (Å²) < 4.78 is 0. The molecule has 1 rings (SSSR count). The van der Waals surface area contributed by atoms with Gasteiger partial charge in [-0.05, 0) is 20.8 Å². The van der Waals surface area contributed by atoms with Crippen molar-refractivity contribution < 1.29 is 14.7 Å². The molecule has 106 valence electrons. The topological polar surface area (TPSA) is 102 Å². The molecule has 0 fully saturated rings. The van der Waals surface area contributed by atoms with Crippen LogP contribution < -0.4 is 0 Å². The third-order valence-corrected chi connectivity index (χ3v) is 2.52. The van der Waals surface area contributed by atoms with Gasteiger partial charge in [0.25, 0.3) is 0 Å². The quantitative estimate of drug-likeness (QED) is 0.808. The van der Waals surface area contributed by atoms with Crippen molar-refractivity contribution in [2.24, 2.45) is 0 Å². The molecule has 0 aliphatic carbocycles. The second-order valence-corrected chi connectivity index (χ2v) is 4.59. The number of urea groups is 1. The molecule has 0 aliphatic rings. The highest BCUT2D eigenvalue weighted by Crippen LogP contribution is 2.06. The number of carboxylic acids is 1. The number of nitrogens with one attached hydrogen (secondary N) is 1. The Bertz CT molecular complexity index is 457. The normalized spacial score (nSPS) is 10.6. The molecule has 1 heterocycles. The van der Waals surface area contributed by atoms with Crippen molar-refractivity contribution in [3.63, 3.8) is 0 Å². The summed E-state index contributed by atoms with van der Waals surface area (Å²) in [5.74, 6) is 0.124. The van der Waals surface area contributed by atoms with Crippen molar-refractivity contribution in [1.29, 1.82) is 0 Å². The molecule has 2 amide bonds. The minimum Gasteiger partial charge on any atom is -0.480 e. The van der Waals surface area contributed by atoms with Crippen LogP contribution in [0.2, 0.25) is 0 Å². The third kappa shape index (κ3) is 4.23. The largest absolute Gasteiger partial charge is 0.480 e. The minimum atomic E-state index is -1.04. The number of carbonyl (C=O) groups excluding carboxylic acids is 1. The van der Waals surface area contributed by atoms with E-state index in [-0.39, 0.29) is 25.2 Å². The van der Waals surface area contributed by atoms with Gasteiger partial charge in [-0.3, -0.25) is 9.89 Å². The van der Waals surface area contributed by atoms with Crippen LogP contribution in [0.1, 0.15) is 25.5 Å². The van der Waals surface area contributed by atoms with Crippen LogP contribution in [0.25, 0.3) is 0 Å². The maximum atomic E-state index is 12.2. The number of aromatic amines is 1. The summed E-state index contributed by atoms with van der Waals surface area (Å²) in [6, 6.07) is -0.556. The van der Waals surface area contributed by atoms with Crippen LogP contribution in [0.15, 0.2) is 0 Å². The van der Waals surface area contributed by atoms with E-state index in [0.29, 0.717) is 11.6 Å². The summed E-state index contributed by atoms with van der Waals surface area (Å²) in [5, 5.41) is 15.4. The van der Waals surface area contributed by atoms with Crippen molar-refractivity contribution in [1.82, 2.24) is 25.0 Å². The van der Waals surface area contributed by atoms with E-state index in [0.717, 1.165) is 0 Å². The first-order valence-corrected chi connectivity index (χ1v) is 5.92.